The van der Waals surface area contributed by atoms with Crippen molar-refractivity contribution in [1.29, 1.82) is 0 Å². The monoisotopic (exact) mass is 874 g/mol. The van der Waals surface area contributed by atoms with Gasteiger partial charge in [-0.15, -0.1) is 0 Å². The molecule has 6 rings (SSSR count). The van der Waals surface area contributed by atoms with Crippen LogP contribution < -0.4 is 20.8 Å². The van der Waals surface area contributed by atoms with Crippen molar-refractivity contribution in [2.24, 2.45) is 0 Å². The van der Waals surface area contributed by atoms with Gasteiger partial charge >= 0.3 is 0 Å². The highest BCUT2D eigenvalue weighted by atomic mass is 16.8. The highest BCUT2D eigenvalue weighted by molar-refractivity contribution is 5.65. The van der Waals surface area contributed by atoms with Gasteiger partial charge in [-0.1, -0.05) is 6.58 Å². The average molecular weight is 875 g/mol. The lowest BCUT2D eigenvalue weighted by atomic mass is 9.97. The second kappa shape index (κ2) is 19.3. The molecule has 4 aliphatic rings. The Morgan fingerprint density at radius 3 is 1.89 bits per heavy atom. The predicted molar refractivity (Wildman–Crippen MR) is 198 cm³/mol. The Kier molecular flexibility index (Phi) is 14.7. The summed E-state index contributed by atoms with van der Waals surface area (Å²) in [5.41, 5.74) is -1.43. The van der Waals surface area contributed by atoms with Crippen LogP contribution in [-0.2, 0) is 33.2 Å². The third-order valence-corrected chi connectivity index (χ3v) is 10.5. The smallest absolute Gasteiger partial charge is 0.239 e. The highest BCUT2D eigenvalue weighted by Gasteiger charge is 2.52. The molecule has 2 aromatic rings. The molecule has 4 fully saturated rings. The van der Waals surface area contributed by atoms with E-state index >= 15 is 0 Å². The van der Waals surface area contributed by atoms with Crippen molar-refractivity contribution >= 4 is 12.3 Å². The molecule has 0 amide bonds. The summed E-state index contributed by atoms with van der Waals surface area (Å²) in [4.78, 5) is 14.2. The lowest BCUT2D eigenvalue weighted by Crippen LogP contribution is -2.65. The molecule has 13 N–H and O–H groups in total. The average Bonchev–Trinajstić information content (AvgIpc) is 3.21. The first kappa shape index (κ1) is 46.7. The quantitative estimate of drug-likeness (QED) is 0.0937. The molecule has 0 spiro atoms. The normalized spacial score (nSPS) is 40.4. The van der Waals surface area contributed by atoms with Crippen molar-refractivity contribution < 1.29 is 109 Å². The Labute approximate surface area is 344 Å². The van der Waals surface area contributed by atoms with E-state index in [1.54, 1.807) is 0 Å². The van der Waals surface area contributed by atoms with Gasteiger partial charge < -0.3 is 109 Å². The Balaban J connectivity index is 1.33. The Morgan fingerprint density at radius 1 is 0.738 bits per heavy atom. The summed E-state index contributed by atoms with van der Waals surface area (Å²) >= 11 is 0. The van der Waals surface area contributed by atoms with Crippen molar-refractivity contribution in [3.63, 3.8) is 0 Å². The lowest BCUT2D eigenvalue weighted by Gasteiger charge is -2.46. The molecule has 340 valence electrons. The van der Waals surface area contributed by atoms with Crippen LogP contribution in [0.2, 0.25) is 0 Å². The number of rotatable bonds is 11. The van der Waals surface area contributed by atoms with Crippen LogP contribution in [0.15, 0.2) is 45.3 Å². The molecule has 1 aromatic heterocycles. The van der Waals surface area contributed by atoms with Crippen LogP contribution in [0.1, 0.15) is 13.8 Å². The molecular weight excluding hydrogens is 824 g/mol. The van der Waals surface area contributed by atoms with Crippen LogP contribution in [0.3, 0.4) is 0 Å². The number of hydrogen-bond donors (Lipinski definition) is 13. The van der Waals surface area contributed by atoms with Gasteiger partial charge in [0.25, 0.3) is 0 Å². The number of benzene rings is 1. The summed E-state index contributed by atoms with van der Waals surface area (Å²) in [5, 5.41) is 136. The van der Waals surface area contributed by atoms with Gasteiger partial charge in [-0.05, 0) is 38.1 Å². The predicted octanol–water partition coefficient (Wildman–Crippen LogP) is -5.49. The first-order chi connectivity index (χ1) is 28.8. The Bertz CT molecular complexity index is 2010. The number of phenolic OH excluding ortho intramolecular Hbond substituents is 1. The van der Waals surface area contributed by atoms with Crippen molar-refractivity contribution in [2.45, 2.75) is 124 Å². The number of aliphatic hydroxyl groups excluding tert-OH is 12. The van der Waals surface area contributed by atoms with Crippen LogP contribution >= 0.6 is 0 Å². The van der Waals surface area contributed by atoms with Gasteiger partial charge in [-0.25, -0.2) is 0 Å². The van der Waals surface area contributed by atoms with Gasteiger partial charge in [-0.3, -0.25) is 4.79 Å². The maximum atomic E-state index is 14.2. The fourth-order valence-corrected chi connectivity index (χ4v) is 6.99. The van der Waals surface area contributed by atoms with Gasteiger partial charge in [0.1, 0.15) is 95.4 Å². The lowest BCUT2D eigenvalue weighted by molar-refractivity contribution is -0.360. The molecule has 18 atom stereocenters. The number of aliphatic hydroxyl groups is 12. The molecule has 0 bridgehead atoms. The number of hydrogen-bond acceptors (Lipinski definition) is 23. The third kappa shape index (κ3) is 9.88. The summed E-state index contributed by atoms with van der Waals surface area (Å²) in [6.07, 6.45) is -30.3. The van der Waals surface area contributed by atoms with Gasteiger partial charge in [0.2, 0.25) is 17.5 Å². The SMILES string of the molecule is C=c1oc(-c2ccc(O)cc2)c(O[C@@H]2OC(CO[C@@H]3OC(C)[C@H](O)C(O[C@@H]4OC[C@@H](O)C(O)C4O)C3O)[C@H](O)C(O)C2O[C@@H]2OC[C@@H](O)C(O)C2O)c(=O)/c1=C(O)/C=C(\C)O. The van der Waals surface area contributed by atoms with E-state index < -0.39 is 164 Å². The van der Waals surface area contributed by atoms with Crippen LogP contribution in [0.25, 0.3) is 23.7 Å². The molecule has 5 heterocycles. The van der Waals surface area contributed by atoms with Crippen LogP contribution in [0.5, 0.6) is 11.5 Å². The summed E-state index contributed by atoms with van der Waals surface area (Å²) in [7, 11) is 0. The fourth-order valence-electron chi connectivity index (χ4n) is 6.99. The molecule has 0 aliphatic carbocycles. The molecule has 23 nitrogen and oxygen atoms in total. The standard InChI is InChI=1S/C38H50O23/c1-12(39)8-17(41)21-13(2)56-31(15-4-6-16(40)7-5-15)33(26(21)48)60-38-34(61-36-29(51)24(46)19(43)10-54-36)27(49)25(47)20(58-38)11-55-37-30(52)32(22(44)14(3)57-37)59-35-28(50)23(45)18(42)9-53-35/h4-8,14,18-20,22-25,27-30,32,34-47,49-52H,2,9-11H2,1,3H3/b12-8+,21-17-/t14?,18-,19-,20?,22+,23?,24?,25+,27?,28?,29?,30?,32?,34?,35+,36+,37-,38+/m1/s1. The second-order valence-corrected chi connectivity index (χ2v) is 15.0. The molecule has 1 aromatic carbocycles. The van der Waals surface area contributed by atoms with E-state index in [-0.39, 0.29) is 17.1 Å². The van der Waals surface area contributed by atoms with Crippen LogP contribution in [0, 0.1) is 0 Å². The maximum Gasteiger partial charge on any atom is 0.239 e. The number of phenols is 1. The number of aromatic hydroxyl groups is 1. The maximum absolute atomic E-state index is 14.2. The topological polar surface area (TPSA) is 367 Å². The molecule has 61 heavy (non-hydrogen) atoms. The Hall–Kier alpha value is -3.83. The third-order valence-electron chi connectivity index (χ3n) is 10.5. The van der Waals surface area contributed by atoms with Crippen LogP contribution in [0.4, 0.5) is 0 Å². The summed E-state index contributed by atoms with van der Waals surface area (Å²) in [6, 6.07) is 5.12. The fraction of sp³-hybridized carbons (Fsp3) is 0.605. The van der Waals surface area contributed by atoms with E-state index in [9.17, 15) is 71.2 Å². The van der Waals surface area contributed by atoms with Gasteiger partial charge in [0, 0.05) is 11.6 Å². The Morgan fingerprint density at radius 2 is 1.31 bits per heavy atom. The number of ether oxygens (including phenoxy) is 8. The summed E-state index contributed by atoms with van der Waals surface area (Å²) in [6.45, 7) is 4.51. The van der Waals surface area contributed by atoms with Gasteiger partial charge in [-0.2, -0.15) is 0 Å². The molecule has 10 unspecified atom stereocenters. The molecule has 0 radical (unpaired) electrons. The van der Waals surface area contributed by atoms with Crippen molar-refractivity contribution in [1.82, 2.24) is 0 Å². The summed E-state index contributed by atoms with van der Waals surface area (Å²) < 4.78 is 51.3. The molecular formula is C38H50O23. The first-order valence-electron chi connectivity index (χ1n) is 19.0. The van der Waals surface area contributed by atoms with Gasteiger partial charge in [0.15, 0.2) is 30.7 Å². The minimum atomic E-state index is -2.08. The highest BCUT2D eigenvalue weighted by Crippen LogP contribution is 2.34. The van der Waals surface area contributed by atoms with Crippen molar-refractivity contribution in [2.75, 3.05) is 19.8 Å². The van der Waals surface area contributed by atoms with E-state index in [1.807, 2.05) is 0 Å². The van der Waals surface area contributed by atoms with Crippen molar-refractivity contribution in [3.05, 3.63) is 57.0 Å². The zero-order valence-corrected chi connectivity index (χ0v) is 32.5. The minimum Gasteiger partial charge on any atom is -0.512 e. The summed E-state index contributed by atoms with van der Waals surface area (Å²) in [5.74, 6) is -2.52. The zero-order valence-electron chi connectivity index (χ0n) is 32.5. The minimum absolute atomic E-state index is 0.0972. The van der Waals surface area contributed by atoms with Crippen molar-refractivity contribution in [3.8, 4) is 22.8 Å². The van der Waals surface area contributed by atoms with E-state index in [2.05, 4.69) is 6.58 Å². The van der Waals surface area contributed by atoms with E-state index in [0.29, 0.717) is 0 Å². The molecule has 4 aliphatic heterocycles. The molecule has 0 saturated carbocycles. The van der Waals surface area contributed by atoms with Gasteiger partial charge in [0.05, 0.1) is 31.7 Å². The van der Waals surface area contributed by atoms with E-state index in [4.69, 9.17) is 42.3 Å². The zero-order chi connectivity index (χ0) is 44.6. The molecule has 4 saturated heterocycles. The van der Waals surface area contributed by atoms with Crippen LogP contribution in [-0.4, -0.2) is 197 Å². The number of allylic oxidation sites excluding steroid dienone is 1. The largest absolute Gasteiger partial charge is 0.512 e. The second-order valence-electron chi connectivity index (χ2n) is 15.0. The molecule has 23 heteroatoms. The van der Waals surface area contributed by atoms with E-state index in [0.717, 1.165) is 6.08 Å². The first-order valence-corrected chi connectivity index (χ1v) is 19.0. The van der Waals surface area contributed by atoms with E-state index in [1.165, 1.54) is 38.1 Å².